The SMILES string of the molecule is COc1ccc(S(=O)(=O)Nc2ccccc2OC)cc1NC(=O)C[C@H]1C[C@H]2CC[C@H]1C2. The van der Waals surface area contributed by atoms with Crippen molar-refractivity contribution in [2.45, 2.75) is 37.0 Å². The summed E-state index contributed by atoms with van der Waals surface area (Å²) in [5, 5.41) is 2.87. The fourth-order valence-corrected chi connectivity index (χ4v) is 6.05. The van der Waals surface area contributed by atoms with E-state index in [1.54, 1.807) is 30.3 Å². The molecular weight excluding hydrogens is 416 g/mol. The van der Waals surface area contributed by atoms with Gasteiger partial charge in [0, 0.05) is 6.42 Å². The van der Waals surface area contributed by atoms with Gasteiger partial charge in [-0.15, -0.1) is 0 Å². The van der Waals surface area contributed by atoms with Gasteiger partial charge in [-0.3, -0.25) is 9.52 Å². The van der Waals surface area contributed by atoms with Crippen LogP contribution in [0.1, 0.15) is 32.1 Å². The number of amides is 1. The van der Waals surface area contributed by atoms with Crippen LogP contribution in [0.4, 0.5) is 11.4 Å². The predicted molar refractivity (Wildman–Crippen MR) is 119 cm³/mol. The second-order valence-corrected chi connectivity index (χ2v) is 10.0. The Balaban J connectivity index is 1.51. The number of anilines is 2. The number of hydrogen-bond acceptors (Lipinski definition) is 5. The number of rotatable bonds is 8. The first-order valence-electron chi connectivity index (χ1n) is 10.5. The Labute approximate surface area is 183 Å². The number of hydrogen-bond donors (Lipinski definition) is 2. The number of carbonyl (C=O) groups excluding carboxylic acids is 1. The highest BCUT2D eigenvalue weighted by Gasteiger charge is 2.40. The smallest absolute Gasteiger partial charge is 0.262 e. The number of fused-ring (bicyclic) bond motifs is 2. The zero-order valence-electron chi connectivity index (χ0n) is 17.8. The van der Waals surface area contributed by atoms with Crippen molar-refractivity contribution in [1.29, 1.82) is 0 Å². The Morgan fingerprint density at radius 2 is 1.74 bits per heavy atom. The van der Waals surface area contributed by atoms with Crippen molar-refractivity contribution in [3.63, 3.8) is 0 Å². The molecule has 2 aromatic carbocycles. The van der Waals surface area contributed by atoms with E-state index in [0.717, 1.165) is 12.3 Å². The molecule has 2 N–H and O–H groups in total. The molecule has 0 unspecified atom stereocenters. The summed E-state index contributed by atoms with van der Waals surface area (Å²) < 4.78 is 39.0. The number of sulfonamides is 1. The van der Waals surface area contributed by atoms with Crippen LogP contribution in [0.3, 0.4) is 0 Å². The Morgan fingerprint density at radius 3 is 2.42 bits per heavy atom. The largest absolute Gasteiger partial charge is 0.495 e. The van der Waals surface area contributed by atoms with E-state index in [2.05, 4.69) is 10.0 Å². The number of carbonyl (C=O) groups is 1. The van der Waals surface area contributed by atoms with E-state index in [0.29, 0.717) is 41.1 Å². The summed E-state index contributed by atoms with van der Waals surface area (Å²) in [5.41, 5.74) is 0.682. The van der Waals surface area contributed by atoms with E-state index in [-0.39, 0.29) is 10.8 Å². The van der Waals surface area contributed by atoms with Crippen molar-refractivity contribution in [2.75, 3.05) is 24.3 Å². The second kappa shape index (κ2) is 8.78. The van der Waals surface area contributed by atoms with Gasteiger partial charge in [0.1, 0.15) is 11.5 Å². The molecule has 2 aromatic rings. The van der Waals surface area contributed by atoms with Crippen LogP contribution in [0, 0.1) is 17.8 Å². The molecule has 2 aliphatic rings. The Hall–Kier alpha value is -2.74. The van der Waals surface area contributed by atoms with Gasteiger partial charge in [-0.2, -0.15) is 0 Å². The lowest BCUT2D eigenvalue weighted by Crippen LogP contribution is -2.21. The van der Waals surface area contributed by atoms with Crippen LogP contribution in [0.25, 0.3) is 0 Å². The lowest BCUT2D eigenvalue weighted by molar-refractivity contribution is -0.117. The highest BCUT2D eigenvalue weighted by molar-refractivity contribution is 7.92. The van der Waals surface area contributed by atoms with Gasteiger partial charge in [0.15, 0.2) is 0 Å². The van der Waals surface area contributed by atoms with Gasteiger partial charge in [-0.05, 0) is 67.3 Å². The highest BCUT2D eigenvalue weighted by atomic mass is 32.2. The molecule has 3 atom stereocenters. The van der Waals surface area contributed by atoms with E-state index >= 15 is 0 Å². The molecule has 0 heterocycles. The summed E-state index contributed by atoms with van der Waals surface area (Å²) in [6, 6.07) is 11.2. The summed E-state index contributed by atoms with van der Waals surface area (Å²) in [6.07, 6.45) is 5.32. The average molecular weight is 445 g/mol. The molecule has 0 saturated heterocycles. The maximum atomic E-state index is 13.0. The van der Waals surface area contributed by atoms with E-state index in [1.807, 2.05) is 0 Å². The van der Waals surface area contributed by atoms with E-state index < -0.39 is 10.0 Å². The van der Waals surface area contributed by atoms with Gasteiger partial charge >= 0.3 is 0 Å². The molecule has 0 spiro atoms. The van der Waals surface area contributed by atoms with Crippen LogP contribution in [0.2, 0.25) is 0 Å². The fraction of sp³-hybridized carbons (Fsp3) is 0.435. The first-order chi connectivity index (χ1) is 14.9. The second-order valence-electron chi connectivity index (χ2n) is 8.36. The highest BCUT2D eigenvalue weighted by Crippen LogP contribution is 2.49. The Kier molecular flexibility index (Phi) is 6.09. The molecule has 4 rings (SSSR count). The van der Waals surface area contributed by atoms with Crippen LogP contribution in [0.15, 0.2) is 47.4 Å². The molecular formula is C23H28N2O5S. The minimum absolute atomic E-state index is 0.0226. The monoisotopic (exact) mass is 444 g/mol. The average Bonchev–Trinajstić information content (AvgIpc) is 3.37. The summed E-state index contributed by atoms with van der Waals surface area (Å²) in [5.74, 6) is 2.56. The summed E-state index contributed by atoms with van der Waals surface area (Å²) in [7, 11) is -0.931. The summed E-state index contributed by atoms with van der Waals surface area (Å²) >= 11 is 0. The zero-order valence-corrected chi connectivity index (χ0v) is 18.6. The number of nitrogens with one attached hydrogen (secondary N) is 2. The molecule has 0 aliphatic heterocycles. The lowest BCUT2D eigenvalue weighted by atomic mass is 9.86. The maximum absolute atomic E-state index is 13.0. The molecule has 7 nitrogen and oxygen atoms in total. The molecule has 0 radical (unpaired) electrons. The molecule has 31 heavy (non-hydrogen) atoms. The predicted octanol–water partition coefficient (Wildman–Crippen LogP) is 4.27. The first-order valence-corrected chi connectivity index (χ1v) is 12.0. The van der Waals surface area contributed by atoms with E-state index in [1.165, 1.54) is 45.6 Å². The third-order valence-corrected chi connectivity index (χ3v) is 7.80. The number of benzene rings is 2. The van der Waals surface area contributed by atoms with Crippen LogP contribution >= 0.6 is 0 Å². The van der Waals surface area contributed by atoms with Gasteiger partial charge < -0.3 is 14.8 Å². The first kappa shape index (κ1) is 21.5. The summed E-state index contributed by atoms with van der Waals surface area (Å²) in [6.45, 7) is 0. The third kappa shape index (κ3) is 4.63. The molecule has 2 aliphatic carbocycles. The summed E-state index contributed by atoms with van der Waals surface area (Å²) in [4.78, 5) is 12.7. The fourth-order valence-electron chi connectivity index (χ4n) is 4.95. The molecule has 2 bridgehead atoms. The van der Waals surface area contributed by atoms with E-state index in [4.69, 9.17) is 9.47 Å². The molecule has 1 amide bonds. The van der Waals surface area contributed by atoms with Crippen LogP contribution in [-0.2, 0) is 14.8 Å². The van der Waals surface area contributed by atoms with Gasteiger partial charge in [0.2, 0.25) is 5.91 Å². The molecule has 166 valence electrons. The van der Waals surface area contributed by atoms with Crippen molar-refractivity contribution in [3.8, 4) is 11.5 Å². The third-order valence-electron chi connectivity index (χ3n) is 6.44. The van der Waals surface area contributed by atoms with Crippen LogP contribution in [0.5, 0.6) is 11.5 Å². The van der Waals surface area contributed by atoms with Crippen molar-refractivity contribution < 1.29 is 22.7 Å². The van der Waals surface area contributed by atoms with Crippen molar-refractivity contribution in [2.24, 2.45) is 17.8 Å². The van der Waals surface area contributed by atoms with Crippen molar-refractivity contribution in [3.05, 3.63) is 42.5 Å². The minimum Gasteiger partial charge on any atom is -0.495 e. The lowest BCUT2D eigenvalue weighted by Gasteiger charge is -2.21. The zero-order chi connectivity index (χ0) is 22.0. The quantitative estimate of drug-likeness (QED) is 0.634. The molecule has 2 fully saturated rings. The van der Waals surface area contributed by atoms with Crippen LogP contribution in [-0.4, -0.2) is 28.5 Å². The number of methoxy groups -OCH3 is 2. The maximum Gasteiger partial charge on any atom is 0.262 e. The van der Waals surface area contributed by atoms with Gasteiger partial charge in [-0.1, -0.05) is 18.6 Å². The topological polar surface area (TPSA) is 93.7 Å². The molecule has 0 aromatic heterocycles. The van der Waals surface area contributed by atoms with Crippen molar-refractivity contribution in [1.82, 2.24) is 0 Å². The molecule has 2 saturated carbocycles. The normalized spacial score (nSPS) is 22.2. The number of para-hydroxylation sites is 2. The Bertz CT molecular complexity index is 1070. The van der Waals surface area contributed by atoms with Gasteiger partial charge in [-0.25, -0.2) is 8.42 Å². The van der Waals surface area contributed by atoms with Gasteiger partial charge in [0.05, 0.1) is 30.5 Å². The van der Waals surface area contributed by atoms with E-state index in [9.17, 15) is 13.2 Å². The van der Waals surface area contributed by atoms with Gasteiger partial charge in [0.25, 0.3) is 10.0 Å². The standard InChI is InChI=1S/C23H28N2O5S/c1-29-21-6-4-3-5-19(21)25-31(27,28)18-9-10-22(30-2)20(14-18)24-23(26)13-17-12-15-7-8-16(17)11-15/h3-6,9-10,14-17,25H,7-8,11-13H2,1-2H3,(H,24,26)/t15-,16-,17+/m0/s1. The minimum atomic E-state index is -3.90. The number of ether oxygens (including phenoxy) is 2. The van der Waals surface area contributed by atoms with Crippen LogP contribution < -0.4 is 19.5 Å². The Morgan fingerprint density at radius 1 is 1.00 bits per heavy atom. The molecule has 8 heteroatoms. The van der Waals surface area contributed by atoms with Crippen molar-refractivity contribution >= 4 is 27.3 Å².